The van der Waals surface area contributed by atoms with Crippen LogP contribution in [-0.2, 0) is 13.8 Å². The summed E-state index contributed by atoms with van der Waals surface area (Å²) in [6, 6.07) is 0. The second-order valence-electron chi connectivity index (χ2n) is 4.70. The molecule has 0 atom stereocenters. The summed E-state index contributed by atoms with van der Waals surface area (Å²) >= 11 is 0. The molecule has 0 radical (unpaired) electrons. The molecule has 0 aromatic heterocycles. The van der Waals surface area contributed by atoms with Crippen molar-refractivity contribution in [3.05, 3.63) is 0 Å². The largest absolute Gasteiger partial charge is 0.378 e. The molecule has 0 bridgehead atoms. The highest BCUT2D eigenvalue weighted by atomic mass is 35.7. The van der Waals surface area contributed by atoms with E-state index in [1.165, 1.54) is 12.8 Å². The third-order valence-electron chi connectivity index (χ3n) is 3.10. The third kappa shape index (κ3) is 6.71. The smallest absolute Gasteiger partial charge is 0.232 e. The second-order valence-corrected chi connectivity index (χ2v) is 7.60. The Balaban J connectivity index is 1.99. The van der Waals surface area contributed by atoms with Crippen LogP contribution in [0.25, 0.3) is 0 Å². The molecule has 5 heteroatoms. The Labute approximate surface area is 103 Å². The zero-order chi connectivity index (χ0) is 12.0. The molecule has 96 valence electrons. The van der Waals surface area contributed by atoms with Gasteiger partial charge < -0.3 is 4.74 Å². The van der Waals surface area contributed by atoms with Crippen molar-refractivity contribution in [3.8, 4) is 0 Å². The van der Waals surface area contributed by atoms with Crippen molar-refractivity contribution in [1.82, 2.24) is 0 Å². The standard InChI is InChI=1S/C11H21ClO3S/c1-10-4-6-11(7-5-10)15-8-2-3-9-16(12,13)14/h10-11H,2-9H2,1H3. The van der Waals surface area contributed by atoms with E-state index < -0.39 is 9.05 Å². The molecule has 0 amide bonds. The lowest BCUT2D eigenvalue weighted by Gasteiger charge is -2.26. The number of hydrogen-bond donors (Lipinski definition) is 0. The molecule has 0 spiro atoms. The maximum Gasteiger partial charge on any atom is 0.232 e. The number of ether oxygens (including phenoxy) is 1. The van der Waals surface area contributed by atoms with Crippen LogP contribution < -0.4 is 0 Å². The molecule has 1 aliphatic carbocycles. The molecule has 0 unspecified atom stereocenters. The van der Waals surface area contributed by atoms with Crippen molar-refractivity contribution in [1.29, 1.82) is 0 Å². The van der Waals surface area contributed by atoms with Gasteiger partial charge in [0.25, 0.3) is 0 Å². The average molecular weight is 269 g/mol. The van der Waals surface area contributed by atoms with Crippen LogP contribution >= 0.6 is 10.7 Å². The minimum absolute atomic E-state index is 0.0552. The summed E-state index contributed by atoms with van der Waals surface area (Å²) in [4.78, 5) is 0. The summed E-state index contributed by atoms with van der Waals surface area (Å²) in [5.41, 5.74) is 0. The normalized spacial score (nSPS) is 26.9. The molecule has 0 heterocycles. The predicted octanol–water partition coefficient (Wildman–Crippen LogP) is 2.93. The highest BCUT2D eigenvalue weighted by molar-refractivity contribution is 8.13. The van der Waals surface area contributed by atoms with Crippen molar-refractivity contribution in [2.75, 3.05) is 12.4 Å². The third-order valence-corrected chi connectivity index (χ3v) is 4.34. The van der Waals surface area contributed by atoms with Crippen molar-refractivity contribution >= 4 is 19.7 Å². The fourth-order valence-electron chi connectivity index (χ4n) is 2.02. The van der Waals surface area contributed by atoms with E-state index in [2.05, 4.69) is 6.92 Å². The van der Waals surface area contributed by atoms with Gasteiger partial charge in [-0.3, -0.25) is 0 Å². The van der Waals surface area contributed by atoms with Crippen LogP contribution in [0.15, 0.2) is 0 Å². The minimum atomic E-state index is -3.32. The molecule has 0 aromatic carbocycles. The molecule has 0 N–H and O–H groups in total. The second kappa shape index (κ2) is 6.82. The summed E-state index contributed by atoms with van der Waals surface area (Å²) in [6.45, 7) is 2.94. The van der Waals surface area contributed by atoms with Crippen molar-refractivity contribution in [3.63, 3.8) is 0 Å². The maximum absolute atomic E-state index is 10.7. The van der Waals surface area contributed by atoms with E-state index in [1.54, 1.807) is 0 Å². The number of hydrogen-bond acceptors (Lipinski definition) is 3. The average Bonchev–Trinajstić information content (AvgIpc) is 2.19. The van der Waals surface area contributed by atoms with Gasteiger partial charge in [0, 0.05) is 17.3 Å². The first-order valence-electron chi connectivity index (χ1n) is 6.01. The van der Waals surface area contributed by atoms with Crippen LogP contribution in [0.3, 0.4) is 0 Å². The van der Waals surface area contributed by atoms with Crippen LogP contribution in [0.2, 0.25) is 0 Å². The minimum Gasteiger partial charge on any atom is -0.378 e. The molecule has 0 aromatic rings. The first-order chi connectivity index (χ1) is 7.47. The highest BCUT2D eigenvalue weighted by Gasteiger charge is 2.18. The summed E-state index contributed by atoms with van der Waals surface area (Å²) in [7, 11) is 1.79. The van der Waals surface area contributed by atoms with E-state index in [4.69, 9.17) is 15.4 Å². The van der Waals surface area contributed by atoms with Gasteiger partial charge in [-0.1, -0.05) is 6.92 Å². The van der Waals surface area contributed by atoms with E-state index in [0.717, 1.165) is 25.2 Å². The van der Waals surface area contributed by atoms with Gasteiger partial charge in [-0.05, 0) is 44.4 Å². The zero-order valence-corrected chi connectivity index (χ0v) is 11.4. The molecule has 0 saturated heterocycles. The molecular weight excluding hydrogens is 248 g/mol. The quantitative estimate of drug-likeness (QED) is 0.550. The van der Waals surface area contributed by atoms with Crippen LogP contribution in [0, 0.1) is 5.92 Å². The van der Waals surface area contributed by atoms with Crippen LogP contribution in [0.4, 0.5) is 0 Å². The first-order valence-corrected chi connectivity index (χ1v) is 8.49. The molecular formula is C11H21ClO3S. The summed E-state index contributed by atoms with van der Waals surface area (Å²) in [6.07, 6.45) is 6.56. The molecule has 1 rings (SSSR count). The fourth-order valence-corrected chi connectivity index (χ4v) is 2.90. The van der Waals surface area contributed by atoms with Crippen LogP contribution in [0.5, 0.6) is 0 Å². The molecule has 1 fully saturated rings. The van der Waals surface area contributed by atoms with E-state index in [-0.39, 0.29) is 5.75 Å². The highest BCUT2D eigenvalue weighted by Crippen LogP contribution is 2.25. The Morgan fingerprint density at radius 3 is 2.38 bits per heavy atom. The maximum atomic E-state index is 10.7. The number of halogens is 1. The van der Waals surface area contributed by atoms with Crippen molar-refractivity contribution in [2.24, 2.45) is 5.92 Å². The van der Waals surface area contributed by atoms with Gasteiger partial charge in [0.15, 0.2) is 0 Å². The zero-order valence-electron chi connectivity index (χ0n) is 9.82. The van der Waals surface area contributed by atoms with Gasteiger partial charge in [0.1, 0.15) is 0 Å². The number of unbranched alkanes of at least 4 members (excludes halogenated alkanes) is 1. The molecule has 3 nitrogen and oxygen atoms in total. The summed E-state index contributed by atoms with van der Waals surface area (Å²) in [5, 5.41) is 0. The Bertz CT molecular complexity index is 282. The van der Waals surface area contributed by atoms with E-state index >= 15 is 0 Å². The monoisotopic (exact) mass is 268 g/mol. The van der Waals surface area contributed by atoms with Gasteiger partial charge in [0.2, 0.25) is 9.05 Å². The Hall–Kier alpha value is 0.200. The Kier molecular flexibility index (Phi) is 6.08. The lowest BCUT2D eigenvalue weighted by molar-refractivity contribution is 0.0185. The lowest BCUT2D eigenvalue weighted by atomic mass is 9.89. The van der Waals surface area contributed by atoms with Crippen molar-refractivity contribution < 1.29 is 13.2 Å². The van der Waals surface area contributed by atoms with E-state index in [9.17, 15) is 8.42 Å². The van der Waals surface area contributed by atoms with Gasteiger partial charge in [-0.25, -0.2) is 8.42 Å². The van der Waals surface area contributed by atoms with Crippen molar-refractivity contribution in [2.45, 2.75) is 51.6 Å². The predicted molar refractivity (Wildman–Crippen MR) is 66.2 cm³/mol. The summed E-state index contributed by atoms with van der Waals surface area (Å²) < 4.78 is 27.0. The molecule has 0 aliphatic heterocycles. The van der Waals surface area contributed by atoms with Crippen LogP contribution in [0.1, 0.15) is 45.4 Å². The number of rotatable bonds is 6. The SMILES string of the molecule is CC1CCC(OCCCCS(=O)(=O)Cl)CC1. The van der Waals surface area contributed by atoms with Crippen LogP contribution in [-0.4, -0.2) is 26.9 Å². The van der Waals surface area contributed by atoms with Gasteiger partial charge in [-0.15, -0.1) is 0 Å². The topological polar surface area (TPSA) is 43.4 Å². The first kappa shape index (κ1) is 14.3. The molecule has 1 saturated carbocycles. The van der Waals surface area contributed by atoms with E-state index in [0.29, 0.717) is 19.1 Å². The van der Waals surface area contributed by atoms with Gasteiger partial charge in [0.05, 0.1) is 11.9 Å². The fraction of sp³-hybridized carbons (Fsp3) is 1.00. The Morgan fingerprint density at radius 2 is 1.81 bits per heavy atom. The van der Waals surface area contributed by atoms with E-state index in [1.807, 2.05) is 0 Å². The van der Waals surface area contributed by atoms with Gasteiger partial charge in [-0.2, -0.15) is 0 Å². The molecule has 1 aliphatic rings. The molecule has 16 heavy (non-hydrogen) atoms. The lowest BCUT2D eigenvalue weighted by Crippen LogP contribution is -2.21. The summed E-state index contributed by atoms with van der Waals surface area (Å²) in [5.74, 6) is 0.890. The Morgan fingerprint density at radius 1 is 1.19 bits per heavy atom. The van der Waals surface area contributed by atoms with Gasteiger partial charge >= 0.3 is 0 Å².